The molecule has 2 fully saturated rings. The number of aryl methyl sites for hydroxylation is 1. The van der Waals surface area contributed by atoms with Gasteiger partial charge in [0, 0.05) is 7.11 Å². The average molecular weight is 493 g/mol. The van der Waals surface area contributed by atoms with Crippen LogP contribution in [0.2, 0.25) is 0 Å². The van der Waals surface area contributed by atoms with Gasteiger partial charge in [-0.25, -0.2) is 0 Å². The van der Waals surface area contributed by atoms with Gasteiger partial charge in [0.15, 0.2) is 0 Å². The summed E-state index contributed by atoms with van der Waals surface area (Å²) in [4.78, 5) is 0. The molecule has 0 N–H and O–H groups in total. The maximum atomic E-state index is 12.3. The molecule has 2 aliphatic rings. The van der Waals surface area contributed by atoms with Crippen molar-refractivity contribution in [3.63, 3.8) is 0 Å². The Labute approximate surface area is 220 Å². The summed E-state index contributed by atoms with van der Waals surface area (Å²) in [7, 11) is 1.76. The van der Waals surface area contributed by atoms with E-state index in [9.17, 15) is 4.39 Å². The lowest BCUT2D eigenvalue weighted by Crippen LogP contribution is -2.26. The van der Waals surface area contributed by atoms with E-state index in [1.165, 1.54) is 99.3 Å². The maximum absolute atomic E-state index is 12.3. The first-order valence-corrected chi connectivity index (χ1v) is 15.0. The van der Waals surface area contributed by atoms with Crippen LogP contribution in [0.15, 0.2) is 48.5 Å². The lowest BCUT2D eigenvalue weighted by molar-refractivity contribution is 0.140. The summed E-state index contributed by atoms with van der Waals surface area (Å²) in [5, 5.41) is 0. The molecule has 2 aromatic rings. The molecule has 0 unspecified atom stereocenters. The monoisotopic (exact) mass is 492 g/mol. The molecule has 0 aromatic heterocycles. The maximum Gasteiger partial charge on any atom is 0.0894 e. The van der Waals surface area contributed by atoms with Gasteiger partial charge < -0.3 is 4.74 Å². The largest absolute Gasteiger partial charge is 0.384 e. The Morgan fingerprint density at radius 2 is 1.11 bits per heavy atom. The van der Waals surface area contributed by atoms with Crippen molar-refractivity contribution >= 4 is 0 Å². The molecule has 1 nitrogen and oxygen atoms in total. The van der Waals surface area contributed by atoms with Crippen LogP contribution in [0.3, 0.4) is 0 Å². The molecule has 2 aromatic carbocycles. The number of halogens is 1. The molecule has 0 amide bonds. The first kappa shape index (κ1) is 27.4. The van der Waals surface area contributed by atoms with Gasteiger partial charge in [-0.2, -0.15) is 0 Å². The predicted octanol–water partition coefficient (Wildman–Crippen LogP) is 9.62. The Morgan fingerprint density at radius 3 is 1.61 bits per heavy atom. The van der Waals surface area contributed by atoms with E-state index in [1.54, 1.807) is 7.11 Å². The second kappa shape index (κ2) is 14.9. The van der Waals surface area contributed by atoms with Crippen LogP contribution in [0.5, 0.6) is 0 Å². The van der Waals surface area contributed by atoms with Crippen LogP contribution in [-0.2, 0) is 17.6 Å². The molecule has 0 heterocycles. The lowest BCUT2D eigenvalue weighted by atomic mass is 9.68. The van der Waals surface area contributed by atoms with Crippen molar-refractivity contribution < 1.29 is 9.13 Å². The molecule has 2 aliphatic carbocycles. The lowest BCUT2D eigenvalue weighted by Gasteiger charge is -2.38. The molecule has 2 heteroatoms. The highest BCUT2D eigenvalue weighted by molar-refractivity contribution is 5.64. The van der Waals surface area contributed by atoms with Crippen LogP contribution in [0.4, 0.5) is 4.39 Å². The average Bonchev–Trinajstić information content (AvgIpc) is 2.94. The fourth-order valence-electron chi connectivity index (χ4n) is 6.92. The number of ether oxygens (including phenoxy) is 1. The third-order valence-electron chi connectivity index (χ3n) is 9.37. The van der Waals surface area contributed by atoms with E-state index in [2.05, 4.69) is 48.5 Å². The molecule has 0 spiro atoms. The third-order valence-corrected chi connectivity index (χ3v) is 9.37. The minimum absolute atomic E-state index is 0.132. The molecule has 0 bridgehead atoms. The Bertz CT molecular complexity index is 842. The molecule has 198 valence electrons. The van der Waals surface area contributed by atoms with Crippen molar-refractivity contribution in [2.45, 2.75) is 96.3 Å². The van der Waals surface area contributed by atoms with E-state index >= 15 is 0 Å². The van der Waals surface area contributed by atoms with Gasteiger partial charge in [0.1, 0.15) is 0 Å². The highest BCUT2D eigenvalue weighted by atomic mass is 19.1. The molecular weight excluding hydrogens is 443 g/mol. The van der Waals surface area contributed by atoms with Gasteiger partial charge in [0.25, 0.3) is 0 Å². The first-order chi connectivity index (χ1) is 17.7. The minimum atomic E-state index is -0.132. The van der Waals surface area contributed by atoms with Gasteiger partial charge in [-0.1, -0.05) is 93.5 Å². The standard InChI is InChI=1S/C34H49FO/c1-36-26-24-30-14-22-34(23-15-30)33-20-12-29(13-21-33)7-6-28-10-18-32(19-11-28)31-16-8-27(9-17-31)5-3-2-4-25-35/h12-15,20-23,27-28,31-32H,2-11,16-19,24-26H2,1H3/t27-,28?,31-,32?. The Balaban J connectivity index is 1.13. The van der Waals surface area contributed by atoms with Gasteiger partial charge in [-0.15, -0.1) is 0 Å². The van der Waals surface area contributed by atoms with Crippen molar-refractivity contribution in [2.75, 3.05) is 20.4 Å². The summed E-state index contributed by atoms with van der Waals surface area (Å²) in [6.45, 7) is 0.647. The normalized spacial score (nSPS) is 24.6. The van der Waals surface area contributed by atoms with Crippen LogP contribution >= 0.6 is 0 Å². The summed E-state index contributed by atoms with van der Waals surface area (Å²) in [5.41, 5.74) is 5.43. The topological polar surface area (TPSA) is 9.23 Å². The van der Waals surface area contributed by atoms with Gasteiger partial charge in [-0.05, 0) is 97.3 Å². The Hall–Kier alpha value is -1.67. The summed E-state index contributed by atoms with van der Waals surface area (Å²) in [6, 6.07) is 18.2. The van der Waals surface area contributed by atoms with Crippen LogP contribution in [-0.4, -0.2) is 20.4 Å². The summed E-state index contributed by atoms with van der Waals surface area (Å²) in [6.07, 6.45) is 19.6. The van der Waals surface area contributed by atoms with Crippen LogP contribution in [0.25, 0.3) is 11.1 Å². The highest BCUT2D eigenvalue weighted by Gasteiger charge is 2.30. The van der Waals surface area contributed by atoms with E-state index in [4.69, 9.17) is 4.74 Å². The summed E-state index contributed by atoms with van der Waals surface area (Å²) >= 11 is 0. The highest BCUT2D eigenvalue weighted by Crippen LogP contribution is 2.43. The van der Waals surface area contributed by atoms with Crippen LogP contribution in [0, 0.1) is 23.7 Å². The summed E-state index contributed by atoms with van der Waals surface area (Å²) < 4.78 is 17.5. The zero-order valence-electron chi connectivity index (χ0n) is 22.7. The van der Waals surface area contributed by atoms with Crippen molar-refractivity contribution in [3.05, 3.63) is 59.7 Å². The second-order valence-electron chi connectivity index (χ2n) is 11.8. The third kappa shape index (κ3) is 8.44. The number of benzene rings is 2. The molecule has 0 radical (unpaired) electrons. The molecular formula is C34H49FO. The number of alkyl halides is 1. The Kier molecular flexibility index (Phi) is 11.3. The molecule has 0 saturated heterocycles. The number of hydrogen-bond acceptors (Lipinski definition) is 1. The van der Waals surface area contributed by atoms with Gasteiger partial charge >= 0.3 is 0 Å². The first-order valence-electron chi connectivity index (χ1n) is 15.0. The van der Waals surface area contributed by atoms with E-state index in [0.717, 1.165) is 49.5 Å². The fraction of sp³-hybridized carbons (Fsp3) is 0.647. The number of rotatable bonds is 13. The Morgan fingerprint density at radius 1 is 0.611 bits per heavy atom. The zero-order chi connectivity index (χ0) is 25.0. The second-order valence-corrected chi connectivity index (χ2v) is 11.8. The predicted molar refractivity (Wildman–Crippen MR) is 151 cm³/mol. The number of methoxy groups -OCH3 is 1. The zero-order valence-corrected chi connectivity index (χ0v) is 22.7. The molecule has 0 atom stereocenters. The molecule has 0 aliphatic heterocycles. The smallest absolute Gasteiger partial charge is 0.0894 e. The minimum Gasteiger partial charge on any atom is -0.384 e. The van der Waals surface area contributed by atoms with Crippen LogP contribution < -0.4 is 0 Å². The molecule has 36 heavy (non-hydrogen) atoms. The summed E-state index contributed by atoms with van der Waals surface area (Å²) in [5.74, 6) is 3.85. The van der Waals surface area contributed by atoms with Gasteiger partial charge in [0.05, 0.1) is 13.3 Å². The van der Waals surface area contributed by atoms with Crippen LogP contribution in [0.1, 0.15) is 94.6 Å². The van der Waals surface area contributed by atoms with E-state index in [0.29, 0.717) is 0 Å². The van der Waals surface area contributed by atoms with Crippen molar-refractivity contribution in [1.82, 2.24) is 0 Å². The SMILES string of the molecule is COCCc1ccc(-c2ccc(CCC3CCC([C@H]4CC[C@H](CCCCCF)CC4)CC3)cc2)cc1. The van der Waals surface area contributed by atoms with E-state index in [1.807, 2.05) is 0 Å². The quantitative estimate of drug-likeness (QED) is 0.253. The van der Waals surface area contributed by atoms with Gasteiger partial charge in [-0.3, -0.25) is 4.39 Å². The van der Waals surface area contributed by atoms with E-state index in [-0.39, 0.29) is 6.67 Å². The number of unbranched alkanes of at least 4 members (excludes halogenated alkanes) is 2. The molecule has 4 rings (SSSR count). The van der Waals surface area contributed by atoms with Crippen molar-refractivity contribution in [3.8, 4) is 11.1 Å². The fourth-order valence-corrected chi connectivity index (χ4v) is 6.92. The van der Waals surface area contributed by atoms with Crippen molar-refractivity contribution in [1.29, 1.82) is 0 Å². The van der Waals surface area contributed by atoms with Gasteiger partial charge in [0.2, 0.25) is 0 Å². The molecule has 2 saturated carbocycles. The number of hydrogen-bond donors (Lipinski definition) is 0. The van der Waals surface area contributed by atoms with E-state index < -0.39 is 0 Å². The van der Waals surface area contributed by atoms with Crippen molar-refractivity contribution in [2.24, 2.45) is 23.7 Å².